The molecule has 23 heavy (non-hydrogen) atoms. The molecule has 0 unspecified atom stereocenters. The summed E-state index contributed by atoms with van der Waals surface area (Å²) in [6, 6.07) is 7.61. The van der Waals surface area contributed by atoms with Gasteiger partial charge in [0.05, 0.1) is 12.0 Å². The summed E-state index contributed by atoms with van der Waals surface area (Å²) >= 11 is 4.73. The molecule has 0 spiro atoms. The van der Waals surface area contributed by atoms with Crippen molar-refractivity contribution in [3.05, 3.63) is 50.1 Å². The zero-order valence-electron chi connectivity index (χ0n) is 12.5. The van der Waals surface area contributed by atoms with Crippen LogP contribution >= 0.6 is 27.3 Å². The molecule has 1 aromatic heterocycles. The predicted octanol–water partition coefficient (Wildman–Crippen LogP) is 3.89. The number of anilines is 1. The second-order valence-corrected chi connectivity index (χ2v) is 7.04. The number of carbonyl (C=O) groups excluding carboxylic acids is 2. The number of hydrogen-bond acceptors (Lipinski definition) is 4. The minimum Gasteiger partial charge on any atom is -0.453 e. The first-order chi connectivity index (χ1) is 11.1. The summed E-state index contributed by atoms with van der Waals surface area (Å²) in [7, 11) is 1.38. The van der Waals surface area contributed by atoms with Gasteiger partial charge in [-0.15, -0.1) is 11.3 Å². The quantitative estimate of drug-likeness (QED) is 0.840. The lowest BCUT2D eigenvalue weighted by Gasteiger charge is -2.28. The number of nitrogens with one attached hydrogen (secondary N) is 1. The molecule has 120 valence electrons. The van der Waals surface area contributed by atoms with Gasteiger partial charge in [-0.2, -0.15) is 0 Å². The van der Waals surface area contributed by atoms with Crippen LogP contribution in [0.1, 0.15) is 20.8 Å². The molecule has 2 heterocycles. The molecule has 2 amide bonds. The van der Waals surface area contributed by atoms with Gasteiger partial charge < -0.3 is 15.0 Å². The fourth-order valence-electron chi connectivity index (χ4n) is 2.54. The van der Waals surface area contributed by atoms with Gasteiger partial charge in [-0.25, -0.2) is 4.79 Å². The molecular formula is C16H15BrN2O3S. The van der Waals surface area contributed by atoms with Crippen LogP contribution in [0.3, 0.4) is 0 Å². The van der Waals surface area contributed by atoms with E-state index in [2.05, 4.69) is 21.2 Å². The van der Waals surface area contributed by atoms with Crippen molar-refractivity contribution in [2.45, 2.75) is 13.0 Å². The summed E-state index contributed by atoms with van der Waals surface area (Å²) in [6.45, 7) is 1.14. The first-order valence-corrected chi connectivity index (χ1v) is 8.74. The molecule has 1 aliphatic heterocycles. The van der Waals surface area contributed by atoms with Crippen LogP contribution in [-0.2, 0) is 17.7 Å². The van der Waals surface area contributed by atoms with Gasteiger partial charge >= 0.3 is 6.09 Å². The maximum absolute atomic E-state index is 12.2. The largest absolute Gasteiger partial charge is 0.453 e. The van der Waals surface area contributed by atoms with Crippen LogP contribution in [0.25, 0.3) is 0 Å². The number of carbonyl (C=O) groups is 2. The van der Waals surface area contributed by atoms with Crippen LogP contribution in [0, 0.1) is 0 Å². The van der Waals surface area contributed by atoms with Crippen molar-refractivity contribution in [2.75, 3.05) is 19.0 Å². The van der Waals surface area contributed by atoms with Gasteiger partial charge in [-0.05, 0) is 51.7 Å². The summed E-state index contributed by atoms with van der Waals surface area (Å²) in [5.41, 5.74) is 2.96. The molecule has 0 radical (unpaired) electrons. The summed E-state index contributed by atoms with van der Waals surface area (Å²) < 4.78 is 5.67. The standard InChI is InChI=1S/C16H15BrN2O3S/c1-22-16(21)19-5-4-10-2-3-13(6-11(10)8-19)18-15(20)14-7-12(17)9-23-14/h2-3,6-7,9H,4-5,8H2,1H3,(H,18,20). The third-order valence-electron chi connectivity index (χ3n) is 3.70. The molecule has 1 aliphatic rings. The number of thiophene rings is 1. The number of benzene rings is 1. The van der Waals surface area contributed by atoms with Gasteiger partial charge in [0.2, 0.25) is 0 Å². The first kappa shape index (κ1) is 16.0. The fourth-order valence-corrected chi connectivity index (χ4v) is 3.87. The molecule has 0 bridgehead atoms. The van der Waals surface area contributed by atoms with Crippen LogP contribution in [-0.4, -0.2) is 30.6 Å². The molecule has 5 nitrogen and oxygen atoms in total. The zero-order chi connectivity index (χ0) is 16.4. The Bertz CT molecular complexity index is 760. The van der Waals surface area contributed by atoms with Gasteiger partial charge in [-0.1, -0.05) is 6.07 Å². The van der Waals surface area contributed by atoms with E-state index in [4.69, 9.17) is 4.74 Å². The smallest absolute Gasteiger partial charge is 0.409 e. The Morgan fingerprint density at radius 2 is 2.13 bits per heavy atom. The minimum atomic E-state index is -0.325. The van der Waals surface area contributed by atoms with Gasteiger partial charge in [0.15, 0.2) is 0 Å². The Balaban J connectivity index is 1.75. The van der Waals surface area contributed by atoms with E-state index in [1.54, 1.807) is 11.0 Å². The summed E-state index contributed by atoms with van der Waals surface area (Å²) in [5, 5.41) is 4.77. The third kappa shape index (κ3) is 3.56. The number of ether oxygens (including phenoxy) is 1. The highest BCUT2D eigenvalue weighted by atomic mass is 79.9. The molecular weight excluding hydrogens is 380 g/mol. The lowest BCUT2D eigenvalue weighted by Crippen LogP contribution is -2.35. The SMILES string of the molecule is COC(=O)N1CCc2ccc(NC(=O)c3cc(Br)cs3)cc2C1. The van der Waals surface area contributed by atoms with Gasteiger partial charge in [-0.3, -0.25) is 4.79 Å². The summed E-state index contributed by atoms with van der Waals surface area (Å²) in [4.78, 5) is 26.2. The van der Waals surface area contributed by atoms with E-state index < -0.39 is 0 Å². The average molecular weight is 395 g/mol. The molecule has 3 rings (SSSR count). The van der Waals surface area contributed by atoms with Crippen molar-refractivity contribution in [1.82, 2.24) is 4.90 Å². The molecule has 0 atom stereocenters. The molecule has 1 aromatic carbocycles. The lowest BCUT2D eigenvalue weighted by atomic mass is 9.99. The predicted molar refractivity (Wildman–Crippen MR) is 92.9 cm³/mol. The number of fused-ring (bicyclic) bond motifs is 1. The number of halogens is 1. The van der Waals surface area contributed by atoms with Crippen molar-refractivity contribution in [1.29, 1.82) is 0 Å². The number of nitrogens with zero attached hydrogens (tertiary/aromatic N) is 1. The number of methoxy groups -OCH3 is 1. The molecule has 1 N–H and O–H groups in total. The summed E-state index contributed by atoms with van der Waals surface area (Å²) in [5.74, 6) is -0.138. The van der Waals surface area contributed by atoms with E-state index in [0.717, 1.165) is 22.1 Å². The van der Waals surface area contributed by atoms with E-state index in [1.807, 2.05) is 23.6 Å². The molecule has 2 aromatic rings. The Kier molecular flexibility index (Phi) is 4.68. The van der Waals surface area contributed by atoms with E-state index in [-0.39, 0.29) is 12.0 Å². The molecule has 0 saturated heterocycles. The topological polar surface area (TPSA) is 58.6 Å². The highest BCUT2D eigenvalue weighted by molar-refractivity contribution is 9.10. The van der Waals surface area contributed by atoms with Crippen LogP contribution in [0.4, 0.5) is 10.5 Å². The molecule has 0 aliphatic carbocycles. The zero-order valence-corrected chi connectivity index (χ0v) is 14.9. The number of hydrogen-bond donors (Lipinski definition) is 1. The van der Waals surface area contributed by atoms with E-state index in [1.165, 1.54) is 24.0 Å². The second kappa shape index (κ2) is 6.72. The first-order valence-electron chi connectivity index (χ1n) is 7.07. The second-order valence-electron chi connectivity index (χ2n) is 5.21. The van der Waals surface area contributed by atoms with Crippen molar-refractivity contribution < 1.29 is 14.3 Å². The molecule has 7 heteroatoms. The Morgan fingerprint density at radius 3 is 2.83 bits per heavy atom. The Labute approximate surface area is 146 Å². The van der Waals surface area contributed by atoms with Crippen LogP contribution in [0.5, 0.6) is 0 Å². The van der Waals surface area contributed by atoms with Gasteiger partial charge in [0.1, 0.15) is 0 Å². The average Bonchev–Trinajstić information content (AvgIpc) is 3.00. The van der Waals surface area contributed by atoms with Crippen molar-refractivity contribution >= 4 is 45.0 Å². The van der Waals surface area contributed by atoms with Crippen molar-refractivity contribution in [2.24, 2.45) is 0 Å². The van der Waals surface area contributed by atoms with Crippen LogP contribution in [0.15, 0.2) is 34.1 Å². The molecule has 0 saturated carbocycles. The van der Waals surface area contributed by atoms with Crippen molar-refractivity contribution in [3.63, 3.8) is 0 Å². The van der Waals surface area contributed by atoms with E-state index >= 15 is 0 Å². The maximum atomic E-state index is 12.2. The lowest BCUT2D eigenvalue weighted by molar-refractivity contribution is 0.103. The third-order valence-corrected chi connectivity index (χ3v) is 5.39. The van der Waals surface area contributed by atoms with E-state index in [9.17, 15) is 9.59 Å². The summed E-state index contributed by atoms with van der Waals surface area (Å²) in [6.07, 6.45) is 0.463. The molecule has 0 fully saturated rings. The normalized spacial score (nSPS) is 13.4. The number of rotatable bonds is 2. The van der Waals surface area contributed by atoms with Crippen LogP contribution in [0.2, 0.25) is 0 Å². The number of amides is 2. The Hall–Kier alpha value is -1.86. The van der Waals surface area contributed by atoms with Gasteiger partial charge in [0, 0.05) is 28.6 Å². The van der Waals surface area contributed by atoms with E-state index in [0.29, 0.717) is 18.0 Å². The minimum absolute atomic E-state index is 0.138. The fraction of sp³-hybridized carbons (Fsp3) is 0.250. The van der Waals surface area contributed by atoms with Crippen molar-refractivity contribution in [3.8, 4) is 0 Å². The van der Waals surface area contributed by atoms with Gasteiger partial charge in [0.25, 0.3) is 5.91 Å². The highest BCUT2D eigenvalue weighted by Gasteiger charge is 2.21. The maximum Gasteiger partial charge on any atom is 0.409 e. The monoisotopic (exact) mass is 394 g/mol. The van der Waals surface area contributed by atoms with Crippen LogP contribution < -0.4 is 5.32 Å². The Morgan fingerprint density at radius 1 is 1.30 bits per heavy atom. The highest BCUT2D eigenvalue weighted by Crippen LogP contribution is 2.25.